The van der Waals surface area contributed by atoms with Crippen molar-refractivity contribution in [3.8, 4) is 17.2 Å². The summed E-state index contributed by atoms with van der Waals surface area (Å²) in [7, 11) is 3.05. The monoisotopic (exact) mass is 371 g/mol. The van der Waals surface area contributed by atoms with Gasteiger partial charge in [0.1, 0.15) is 5.75 Å². The predicted octanol–water partition coefficient (Wildman–Crippen LogP) is 2.19. The maximum atomic E-state index is 12.0. The van der Waals surface area contributed by atoms with Gasteiger partial charge in [-0.25, -0.2) is 5.43 Å². The molecule has 2 aromatic carbocycles. The van der Waals surface area contributed by atoms with Crippen LogP contribution in [0.2, 0.25) is 0 Å². The van der Waals surface area contributed by atoms with Crippen LogP contribution in [0, 0.1) is 0 Å². The van der Waals surface area contributed by atoms with Crippen LogP contribution in [-0.4, -0.2) is 38.9 Å². The first-order valence-corrected chi connectivity index (χ1v) is 8.17. The van der Waals surface area contributed by atoms with Gasteiger partial charge in [0.05, 0.1) is 32.7 Å². The molecule has 2 rings (SSSR count). The van der Waals surface area contributed by atoms with E-state index in [2.05, 4.69) is 15.8 Å². The standard InChI is InChI=1S/C19H21N3O5/c1-4-27-15-8-6-5-7-14(15)21-18(23)19(24)22-20-12-13-9-10-16(25-2)17(11-13)26-3/h5-12H,4H2,1-3H3,(H,21,23)(H,22,24)/b20-12+. The molecule has 0 fully saturated rings. The molecule has 0 radical (unpaired) electrons. The maximum Gasteiger partial charge on any atom is 0.329 e. The number of amides is 2. The van der Waals surface area contributed by atoms with Crippen molar-refractivity contribution in [1.82, 2.24) is 5.43 Å². The average molecular weight is 371 g/mol. The number of carbonyl (C=O) groups excluding carboxylic acids is 2. The summed E-state index contributed by atoms with van der Waals surface area (Å²) in [6.07, 6.45) is 1.39. The second-order valence-electron chi connectivity index (χ2n) is 5.20. The third-order valence-electron chi connectivity index (χ3n) is 3.43. The number of ether oxygens (including phenoxy) is 3. The molecule has 2 amide bonds. The summed E-state index contributed by atoms with van der Waals surface area (Å²) in [5.74, 6) is -0.177. The molecule has 0 aliphatic carbocycles. The molecule has 0 heterocycles. The highest BCUT2D eigenvalue weighted by atomic mass is 16.5. The topological polar surface area (TPSA) is 98.2 Å². The van der Waals surface area contributed by atoms with E-state index in [0.717, 1.165) is 0 Å². The van der Waals surface area contributed by atoms with Crippen molar-refractivity contribution < 1.29 is 23.8 Å². The number of hydrazone groups is 1. The van der Waals surface area contributed by atoms with Gasteiger partial charge in [-0.1, -0.05) is 12.1 Å². The molecule has 8 heteroatoms. The van der Waals surface area contributed by atoms with Gasteiger partial charge in [0, 0.05) is 0 Å². The molecule has 27 heavy (non-hydrogen) atoms. The first-order chi connectivity index (χ1) is 13.1. The lowest BCUT2D eigenvalue weighted by atomic mass is 10.2. The van der Waals surface area contributed by atoms with E-state index < -0.39 is 11.8 Å². The van der Waals surface area contributed by atoms with Crippen LogP contribution in [-0.2, 0) is 9.59 Å². The number of carbonyl (C=O) groups is 2. The minimum absolute atomic E-state index is 0.406. The quantitative estimate of drug-likeness (QED) is 0.442. The maximum absolute atomic E-state index is 12.0. The number of methoxy groups -OCH3 is 2. The molecule has 8 nitrogen and oxygen atoms in total. The molecule has 0 saturated carbocycles. The number of hydrogen-bond acceptors (Lipinski definition) is 6. The number of nitrogens with zero attached hydrogens (tertiary/aromatic N) is 1. The van der Waals surface area contributed by atoms with E-state index in [1.807, 2.05) is 6.92 Å². The fourth-order valence-corrected chi connectivity index (χ4v) is 2.18. The molecule has 0 aliphatic heterocycles. The lowest BCUT2D eigenvalue weighted by Crippen LogP contribution is -2.32. The van der Waals surface area contributed by atoms with E-state index >= 15 is 0 Å². The van der Waals surface area contributed by atoms with E-state index in [1.54, 1.807) is 42.5 Å². The summed E-state index contributed by atoms with van der Waals surface area (Å²) in [5, 5.41) is 6.27. The van der Waals surface area contributed by atoms with Crippen molar-refractivity contribution >= 4 is 23.7 Å². The van der Waals surface area contributed by atoms with Crippen molar-refractivity contribution in [3.63, 3.8) is 0 Å². The summed E-state index contributed by atoms with van der Waals surface area (Å²) in [5.41, 5.74) is 3.24. The van der Waals surface area contributed by atoms with Crippen molar-refractivity contribution in [2.45, 2.75) is 6.92 Å². The Morgan fingerprint density at radius 2 is 1.74 bits per heavy atom. The van der Waals surface area contributed by atoms with Crippen molar-refractivity contribution in [1.29, 1.82) is 0 Å². The van der Waals surface area contributed by atoms with E-state index in [-0.39, 0.29) is 0 Å². The normalized spacial score (nSPS) is 10.3. The van der Waals surface area contributed by atoms with Crippen LogP contribution >= 0.6 is 0 Å². The van der Waals surface area contributed by atoms with Gasteiger partial charge in [0.25, 0.3) is 0 Å². The molecule has 0 saturated heterocycles. The Morgan fingerprint density at radius 3 is 2.44 bits per heavy atom. The largest absolute Gasteiger partial charge is 0.493 e. The van der Waals surface area contributed by atoms with Crippen molar-refractivity contribution in [2.75, 3.05) is 26.1 Å². The molecule has 0 aliphatic rings. The van der Waals surface area contributed by atoms with Crippen LogP contribution in [0.15, 0.2) is 47.6 Å². The van der Waals surface area contributed by atoms with Crippen LogP contribution in [0.3, 0.4) is 0 Å². The second kappa shape index (κ2) is 9.81. The van der Waals surface area contributed by atoms with E-state index in [0.29, 0.717) is 35.1 Å². The number of hydrogen-bond donors (Lipinski definition) is 2. The molecule has 0 unspecified atom stereocenters. The van der Waals surface area contributed by atoms with Gasteiger partial charge >= 0.3 is 11.8 Å². The Hall–Kier alpha value is -3.55. The Bertz CT molecular complexity index is 836. The molecule has 2 aromatic rings. The Balaban J connectivity index is 1.97. The zero-order valence-electron chi connectivity index (χ0n) is 15.3. The predicted molar refractivity (Wildman–Crippen MR) is 102 cm³/mol. The van der Waals surface area contributed by atoms with E-state index in [1.165, 1.54) is 20.4 Å². The van der Waals surface area contributed by atoms with Gasteiger partial charge in [-0.2, -0.15) is 5.10 Å². The minimum Gasteiger partial charge on any atom is -0.493 e. The third-order valence-corrected chi connectivity index (χ3v) is 3.43. The molecule has 2 N–H and O–H groups in total. The fraction of sp³-hybridized carbons (Fsp3) is 0.211. The summed E-state index contributed by atoms with van der Waals surface area (Å²) in [6.45, 7) is 2.27. The zero-order valence-corrected chi connectivity index (χ0v) is 15.3. The first-order valence-electron chi connectivity index (χ1n) is 8.17. The first kappa shape index (κ1) is 19.8. The highest BCUT2D eigenvalue weighted by Gasteiger charge is 2.15. The van der Waals surface area contributed by atoms with Gasteiger partial charge in [-0.05, 0) is 42.8 Å². The van der Waals surface area contributed by atoms with Gasteiger partial charge in [-0.15, -0.1) is 0 Å². The molecular weight excluding hydrogens is 350 g/mol. The molecule has 0 bridgehead atoms. The van der Waals surface area contributed by atoms with Gasteiger partial charge in [-0.3, -0.25) is 9.59 Å². The Kier molecular flexibility index (Phi) is 7.18. The highest BCUT2D eigenvalue weighted by molar-refractivity contribution is 6.39. The lowest BCUT2D eigenvalue weighted by molar-refractivity contribution is -0.136. The number of rotatable bonds is 7. The van der Waals surface area contributed by atoms with Crippen molar-refractivity contribution in [3.05, 3.63) is 48.0 Å². The summed E-state index contributed by atoms with van der Waals surface area (Å²) >= 11 is 0. The third kappa shape index (κ3) is 5.46. The fourth-order valence-electron chi connectivity index (χ4n) is 2.18. The number of nitrogens with one attached hydrogen (secondary N) is 2. The van der Waals surface area contributed by atoms with Crippen LogP contribution in [0.1, 0.15) is 12.5 Å². The zero-order chi connectivity index (χ0) is 19.6. The number of para-hydroxylation sites is 2. The molecular formula is C19H21N3O5. The van der Waals surface area contributed by atoms with Crippen LogP contribution < -0.4 is 25.0 Å². The number of anilines is 1. The summed E-state index contributed by atoms with van der Waals surface area (Å²) in [6, 6.07) is 12.0. The van der Waals surface area contributed by atoms with Gasteiger partial charge in [0.15, 0.2) is 11.5 Å². The van der Waals surface area contributed by atoms with E-state index in [4.69, 9.17) is 14.2 Å². The molecule has 0 atom stereocenters. The molecule has 0 aromatic heterocycles. The Morgan fingerprint density at radius 1 is 1.00 bits per heavy atom. The summed E-state index contributed by atoms with van der Waals surface area (Å²) < 4.78 is 15.7. The average Bonchev–Trinajstić information content (AvgIpc) is 2.69. The SMILES string of the molecule is CCOc1ccccc1NC(=O)C(=O)N/N=C/c1ccc(OC)c(OC)c1. The highest BCUT2D eigenvalue weighted by Crippen LogP contribution is 2.27. The van der Waals surface area contributed by atoms with Gasteiger partial charge in [0.2, 0.25) is 0 Å². The van der Waals surface area contributed by atoms with Crippen molar-refractivity contribution in [2.24, 2.45) is 5.10 Å². The van der Waals surface area contributed by atoms with Crippen LogP contribution in [0.25, 0.3) is 0 Å². The Labute approximate surface area is 157 Å². The summed E-state index contributed by atoms with van der Waals surface area (Å²) in [4.78, 5) is 23.9. The molecule has 142 valence electrons. The van der Waals surface area contributed by atoms with E-state index in [9.17, 15) is 9.59 Å². The smallest absolute Gasteiger partial charge is 0.329 e. The van der Waals surface area contributed by atoms with Crippen LogP contribution in [0.4, 0.5) is 5.69 Å². The van der Waals surface area contributed by atoms with Crippen LogP contribution in [0.5, 0.6) is 17.2 Å². The van der Waals surface area contributed by atoms with Gasteiger partial charge < -0.3 is 19.5 Å². The minimum atomic E-state index is -0.905. The molecule has 0 spiro atoms. The second-order valence-corrected chi connectivity index (χ2v) is 5.20. The lowest BCUT2D eigenvalue weighted by Gasteiger charge is -2.10. The number of benzene rings is 2.